The average Bonchev–Trinajstić information content (AvgIpc) is 3.20. The van der Waals surface area contributed by atoms with Gasteiger partial charge in [-0.05, 0) is 18.4 Å². The maximum atomic E-state index is 12.4. The van der Waals surface area contributed by atoms with Crippen LogP contribution in [0, 0.1) is 6.92 Å². The fraction of sp³-hybridized carbons (Fsp3) is 0.312. The number of aryl methyl sites for hydroxylation is 1. The van der Waals surface area contributed by atoms with Crippen molar-refractivity contribution in [2.45, 2.75) is 26.4 Å². The summed E-state index contributed by atoms with van der Waals surface area (Å²) in [5.74, 6) is 1.62. The minimum atomic E-state index is -0.0290. The third-order valence-electron chi connectivity index (χ3n) is 4.03. The number of fused-ring (bicyclic) bond motifs is 1. The van der Waals surface area contributed by atoms with Crippen molar-refractivity contribution in [3.05, 3.63) is 56.8 Å². The summed E-state index contributed by atoms with van der Waals surface area (Å²) in [5, 5.41) is 1.99. The van der Waals surface area contributed by atoms with E-state index in [2.05, 4.69) is 24.8 Å². The number of nitrogens with zero attached hydrogens (tertiary/aromatic N) is 3. The van der Waals surface area contributed by atoms with Gasteiger partial charge in [0.1, 0.15) is 5.82 Å². The predicted molar refractivity (Wildman–Crippen MR) is 89.3 cm³/mol. The van der Waals surface area contributed by atoms with Crippen LogP contribution < -0.4 is 5.56 Å². The van der Waals surface area contributed by atoms with Gasteiger partial charge in [0.15, 0.2) is 5.82 Å². The maximum absolute atomic E-state index is 12.4. The molecule has 7 heteroatoms. The minimum absolute atomic E-state index is 0.0290. The van der Waals surface area contributed by atoms with E-state index in [9.17, 15) is 4.79 Å². The van der Waals surface area contributed by atoms with Gasteiger partial charge in [0.05, 0.1) is 22.7 Å². The van der Waals surface area contributed by atoms with Crippen LogP contribution in [-0.2, 0) is 19.5 Å². The van der Waals surface area contributed by atoms with Gasteiger partial charge in [0.25, 0.3) is 5.56 Å². The molecule has 2 N–H and O–H groups in total. The van der Waals surface area contributed by atoms with Gasteiger partial charge in [0.2, 0.25) is 0 Å². The Morgan fingerprint density at radius 3 is 3.04 bits per heavy atom. The summed E-state index contributed by atoms with van der Waals surface area (Å²) in [4.78, 5) is 30.8. The summed E-state index contributed by atoms with van der Waals surface area (Å²) < 4.78 is 0. The van der Waals surface area contributed by atoms with Crippen LogP contribution in [0.15, 0.2) is 28.5 Å². The molecule has 23 heavy (non-hydrogen) atoms. The molecule has 0 saturated carbocycles. The van der Waals surface area contributed by atoms with Gasteiger partial charge >= 0.3 is 0 Å². The molecule has 0 spiro atoms. The van der Waals surface area contributed by atoms with Gasteiger partial charge in [-0.2, -0.15) is 0 Å². The van der Waals surface area contributed by atoms with Crippen molar-refractivity contribution in [2.75, 3.05) is 6.54 Å². The number of hydrogen-bond donors (Lipinski definition) is 2. The molecule has 0 fully saturated rings. The first-order valence-electron chi connectivity index (χ1n) is 7.58. The minimum Gasteiger partial charge on any atom is -0.345 e. The molecule has 6 nitrogen and oxygen atoms in total. The fourth-order valence-electron chi connectivity index (χ4n) is 2.90. The normalized spacial score (nSPS) is 14.8. The molecule has 0 atom stereocenters. The number of imidazole rings is 1. The van der Waals surface area contributed by atoms with Crippen LogP contribution in [0.25, 0.3) is 10.7 Å². The molecule has 0 radical (unpaired) electrons. The average molecular weight is 327 g/mol. The van der Waals surface area contributed by atoms with Gasteiger partial charge in [-0.1, -0.05) is 6.07 Å². The lowest BCUT2D eigenvalue weighted by atomic mass is 10.1. The second kappa shape index (κ2) is 5.75. The highest BCUT2D eigenvalue weighted by Gasteiger charge is 2.22. The Morgan fingerprint density at radius 1 is 1.39 bits per heavy atom. The smallest absolute Gasteiger partial charge is 0.255 e. The van der Waals surface area contributed by atoms with E-state index in [-0.39, 0.29) is 5.56 Å². The number of aromatic nitrogens is 4. The van der Waals surface area contributed by atoms with Gasteiger partial charge in [-0.3, -0.25) is 9.69 Å². The van der Waals surface area contributed by atoms with Crippen LogP contribution in [0.1, 0.15) is 22.8 Å². The van der Waals surface area contributed by atoms with Crippen LogP contribution >= 0.6 is 11.3 Å². The van der Waals surface area contributed by atoms with E-state index in [0.717, 1.165) is 47.2 Å². The van der Waals surface area contributed by atoms with E-state index in [0.29, 0.717) is 12.4 Å². The van der Waals surface area contributed by atoms with Gasteiger partial charge in [-0.15, -0.1) is 11.3 Å². The zero-order valence-corrected chi connectivity index (χ0v) is 13.6. The third kappa shape index (κ3) is 2.85. The van der Waals surface area contributed by atoms with Gasteiger partial charge in [0, 0.05) is 31.4 Å². The predicted octanol–water partition coefficient (Wildman–Crippen LogP) is 2.09. The topological polar surface area (TPSA) is 77.7 Å². The monoisotopic (exact) mass is 327 g/mol. The highest BCUT2D eigenvalue weighted by molar-refractivity contribution is 7.13. The Labute approximate surface area is 137 Å². The first-order valence-corrected chi connectivity index (χ1v) is 8.46. The Morgan fingerprint density at radius 2 is 2.30 bits per heavy atom. The summed E-state index contributed by atoms with van der Waals surface area (Å²) >= 11 is 1.58. The Hall–Kier alpha value is -2.25. The number of H-pyrrole nitrogens is 2. The maximum Gasteiger partial charge on any atom is 0.255 e. The van der Waals surface area contributed by atoms with E-state index in [1.807, 2.05) is 30.6 Å². The molecule has 3 aromatic heterocycles. The molecular weight excluding hydrogens is 310 g/mol. The molecule has 4 heterocycles. The van der Waals surface area contributed by atoms with Crippen molar-refractivity contribution in [1.82, 2.24) is 24.8 Å². The molecule has 0 bridgehead atoms. The largest absolute Gasteiger partial charge is 0.345 e. The molecule has 0 unspecified atom stereocenters. The van der Waals surface area contributed by atoms with Crippen molar-refractivity contribution in [1.29, 1.82) is 0 Å². The second-order valence-corrected chi connectivity index (χ2v) is 6.74. The molecule has 0 aromatic carbocycles. The Kier molecular flexibility index (Phi) is 3.59. The van der Waals surface area contributed by atoms with Crippen LogP contribution in [0.2, 0.25) is 0 Å². The summed E-state index contributed by atoms with van der Waals surface area (Å²) in [5.41, 5.74) is 2.72. The first kappa shape index (κ1) is 14.3. The highest BCUT2D eigenvalue weighted by Crippen LogP contribution is 2.22. The number of rotatable bonds is 3. The quantitative estimate of drug-likeness (QED) is 0.772. The SMILES string of the molecule is Cc1cnc(CN2CCc3nc(-c4cccs4)[nH]c(=O)c3C2)[nH]1. The van der Waals surface area contributed by atoms with Crippen molar-refractivity contribution in [3.63, 3.8) is 0 Å². The summed E-state index contributed by atoms with van der Waals surface area (Å²) in [6.07, 6.45) is 2.62. The number of nitrogens with one attached hydrogen (secondary N) is 2. The van der Waals surface area contributed by atoms with E-state index < -0.39 is 0 Å². The number of hydrogen-bond acceptors (Lipinski definition) is 5. The van der Waals surface area contributed by atoms with E-state index in [1.54, 1.807) is 11.3 Å². The van der Waals surface area contributed by atoms with Crippen molar-refractivity contribution in [2.24, 2.45) is 0 Å². The fourth-order valence-corrected chi connectivity index (χ4v) is 3.57. The van der Waals surface area contributed by atoms with Gasteiger partial charge in [-0.25, -0.2) is 9.97 Å². The second-order valence-electron chi connectivity index (χ2n) is 5.79. The standard InChI is InChI=1S/C16H17N5OS/c1-10-7-17-14(18-10)9-21-5-4-12-11(8-21)16(22)20-15(19-12)13-3-2-6-23-13/h2-3,6-7H,4-5,8-9H2,1H3,(H,17,18)(H,19,20,22). The highest BCUT2D eigenvalue weighted by atomic mass is 32.1. The van der Waals surface area contributed by atoms with Crippen molar-refractivity contribution < 1.29 is 0 Å². The van der Waals surface area contributed by atoms with Crippen LogP contribution in [-0.4, -0.2) is 31.4 Å². The van der Waals surface area contributed by atoms with Gasteiger partial charge < -0.3 is 9.97 Å². The lowest BCUT2D eigenvalue weighted by Crippen LogP contribution is -2.35. The molecule has 0 aliphatic carbocycles. The van der Waals surface area contributed by atoms with Crippen molar-refractivity contribution in [3.8, 4) is 10.7 Å². The lowest BCUT2D eigenvalue weighted by molar-refractivity contribution is 0.236. The zero-order chi connectivity index (χ0) is 15.8. The molecule has 118 valence electrons. The molecule has 1 aliphatic rings. The summed E-state index contributed by atoms with van der Waals surface area (Å²) in [6, 6.07) is 3.94. The molecule has 4 rings (SSSR count). The molecule has 0 saturated heterocycles. The Bertz CT molecular complexity index is 880. The van der Waals surface area contributed by atoms with Crippen LogP contribution in [0.4, 0.5) is 0 Å². The molecule has 3 aromatic rings. The van der Waals surface area contributed by atoms with Crippen LogP contribution in [0.5, 0.6) is 0 Å². The molecule has 1 aliphatic heterocycles. The van der Waals surface area contributed by atoms with E-state index in [4.69, 9.17) is 0 Å². The molecule has 0 amide bonds. The van der Waals surface area contributed by atoms with E-state index >= 15 is 0 Å². The summed E-state index contributed by atoms with van der Waals surface area (Å²) in [7, 11) is 0. The van der Waals surface area contributed by atoms with Crippen molar-refractivity contribution >= 4 is 11.3 Å². The molecular formula is C16H17N5OS. The third-order valence-corrected chi connectivity index (χ3v) is 4.91. The number of aromatic amines is 2. The lowest BCUT2D eigenvalue weighted by Gasteiger charge is -2.26. The summed E-state index contributed by atoms with van der Waals surface area (Å²) in [6.45, 7) is 4.21. The Balaban J connectivity index is 1.59. The first-order chi connectivity index (χ1) is 11.2. The number of thiophene rings is 1. The zero-order valence-electron chi connectivity index (χ0n) is 12.8. The van der Waals surface area contributed by atoms with Crippen LogP contribution in [0.3, 0.4) is 0 Å². The van der Waals surface area contributed by atoms with E-state index in [1.165, 1.54) is 0 Å².